The second-order valence-corrected chi connectivity index (χ2v) is 9.52. The van der Waals surface area contributed by atoms with Gasteiger partial charge in [-0.25, -0.2) is 0 Å². The molecule has 0 aromatic rings. The van der Waals surface area contributed by atoms with Crippen molar-refractivity contribution in [1.82, 2.24) is 0 Å². The summed E-state index contributed by atoms with van der Waals surface area (Å²) in [5.74, 6) is 0.909. The van der Waals surface area contributed by atoms with Gasteiger partial charge in [0.05, 0.1) is 6.10 Å². The summed E-state index contributed by atoms with van der Waals surface area (Å²) in [5, 5.41) is 21.0. The van der Waals surface area contributed by atoms with E-state index < -0.39 is 6.10 Å². The Balaban J connectivity index is 1.84. The topological polar surface area (TPSA) is 57.5 Å². The van der Waals surface area contributed by atoms with Crippen molar-refractivity contribution in [3.05, 3.63) is 12.2 Å². The molecule has 23 heavy (non-hydrogen) atoms. The third-order valence-electron chi connectivity index (χ3n) is 8.35. The molecule has 0 unspecified atom stereocenters. The van der Waals surface area contributed by atoms with Crippen LogP contribution in [0, 0.1) is 34.0 Å². The fourth-order valence-corrected chi connectivity index (χ4v) is 7.39. The number of hydrogen-bond donors (Lipinski definition) is 2. The molecular weight excluding hydrogens is 288 g/mol. The van der Waals surface area contributed by atoms with Gasteiger partial charge in [0.15, 0.2) is 0 Å². The van der Waals surface area contributed by atoms with Crippen molar-refractivity contribution < 1.29 is 15.0 Å². The van der Waals surface area contributed by atoms with Crippen LogP contribution >= 0.6 is 0 Å². The summed E-state index contributed by atoms with van der Waals surface area (Å²) in [6.45, 7) is 8.81. The van der Waals surface area contributed by atoms with E-state index in [9.17, 15) is 15.0 Å². The lowest BCUT2D eigenvalue weighted by molar-refractivity contribution is -0.196. The lowest BCUT2D eigenvalue weighted by atomic mass is 9.40. The number of aliphatic hydroxyl groups excluding tert-OH is 2. The molecule has 0 aromatic heterocycles. The van der Waals surface area contributed by atoms with Crippen molar-refractivity contribution >= 4 is 5.78 Å². The predicted octanol–water partition coefficient (Wildman–Crippen LogP) is 3.10. The maximum Gasteiger partial charge on any atom is 0.140 e. The highest BCUT2D eigenvalue weighted by Gasteiger charge is 2.69. The Morgan fingerprint density at radius 3 is 2.74 bits per heavy atom. The van der Waals surface area contributed by atoms with Crippen molar-refractivity contribution in [2.45, 2.75) is 64.9 Å². The molecule has 4 fully saturated rings. The molecule has 4 saturated carbocycles. The molecule has 2 N–H and O–H groups in total. The molecular formula is C20H30O3. The summed E-state index contributed by atoms with van der Waals surface area (Å²) < 4.78 is 0. The fourth-order valence-electron chi connectivity index (χ4n) is 7.39. The average Bonchev–Trinajstić information content (AvgIpc) is 2.74. The van der Waals surface area contributed by atoms with Crippen LogP contribution in [0.15, 0.2) is 12.2 Å². The molecule has 4 aliphatic rings. The number of allylic oxidation sites excluding steroid dienone is 1. The standard InChI is InChI=1S/C20H30O3/c1-12-9-20-10-13(12)7-14(22)17(20)19(3)6-4-5-18(2,11-21)15(19)8-16(20)23/h13-15,17,21-22H,1,4-11H2,2-3H3/t13-,14+,15-,17+,18+,19-,20-/m1/s1. The minimum atomic E-state index is -0.397. The van der Waals surface area contributed by atoms with Gasteiger partial charge in [-0.3, -0.25) is 4.79 Å². The van der Waals surface area contributed by atoms with Crippen LogP contribution in [0.2, 0.25) is 0 Å². The first-order valence-electron chi connectivity index (χ1n) is 9.27. The molecule has 0 aliphatic heterocycles. The minimum absolute atomic E-state index is 0.0430. The Kier molecular flexibility index (Phi) is 3.23. The summed E-state index contributed by atoms with van der Waals surface area (Å²) in [6.07, 6.45) is 5.80. The van der Waals surface area contributed by atoms with Crippen molar-refractivity contribution in [1.29, 1.82) is 0 Å². The second-order valence-electron chi connectivity index (χ2n) is 9.52. The van der Waals surface area contributed by atoms with Crippen LogP contribution in [0.25, 0.3) is 0 Å². The average molecular weight is 318 g/mol. The first-order chi connectivity index (χ1) is 10.8. The van der Waals surface area contributed by atoms with E-state index in [4.69, 9.17) is 0 Å². The molecule has 128 valence electrons. The molecule has 0 radical (unpaired) electrons. The van der Waals surface area contributed by atoms with Gasteiger partial charge in [-0.2, -0.15) is 0 Å². The van der Waals surface area contributed by atoms with Crippen LogP contribution in [-0.2, 0) is 4.79 Å². The summed E-state index contributed by atoms with van der Waals surface area (Å²) in [6, 6.07) is 0. The van der Waals surface area contributed by atoms with Crippen LogP contribution in [0.4, 0.5) is 0 Å². The van der Waals surface area contributed by atoms with Gasteiger partial charge < -0.3 is 10.2 Å². The third-order valence-corrected chi connectivity index (χ3v) is 8.35. The van der Waals surface area contributed by atoms with E-state index in [2.05, 4.69) is 20.4 Å². The Morgan fingerprint density at radius 2 is 2.04 bits per heavy atom. The maximum atomic E-state index is 13.3. The number of ketones is 1. The number of carbonyl (C=O) groups excluding carboxylic acids is 1. The van der Waals surface area contributed by atoms with Crippen molar-refractivity contribution in [3.63, 3.8) is 0 Å². The van der Waals surface area contributed by atoms with Gasteiger partial charge in [-0.15, -0.1) is 0 Å². The Labute approximate surface area is 139 Å². The van der Waals surface area contributed by atoms with Gasteiger partial charge in [0.25, 0.3) is 0 Å². The number of Topliss-reactive ketones (excluding diaryl/α,β-unsaturated/α-hetero) is 1. The van der Waals surface area contributed by atoms with E-state index in [0.29, 0.717) is 18.1 Å². The molecule has 2 bridgehead atoms. The van der Waals surface area contributed by atoms with Gasteiger partial charge in [0, 0.05) is 24.4 Å². The molecule has 4 rings (SSSR count). The number of aliphatic hydroxyl groups is 2. The zero-order valence-corrected chi connectivity index (χ0v) is 14.5. The fraction of sp³-hybridized carbons (Fsp3) is 0.850. The predicted molar refractivity (Wildman–Crippen MR) is 88.7 cm³/mol. The molecule has 7 atom stereocenters. The number of carbonyl (C=O) groups is 1. The number of rotatable bonds is 1. The normalized spacial score (nSPS) is 55.5. The molecule has 0 amide bonds. The highest BCUT2D eigenvalue weighted by atomic mass is 16.3. The molecule has 3 nitrogen and oxygen atoms in total. The van der Waals surface area contributed by atoms with Gasteiger partial charge in [0.1, 0.15) is 5.78 Å². The largest absolute Gasteiger partial charge is 0.396 e. The summed E-state index contributed by atoms with van der Waals surface area (Å²) in [4.78, 5) is 13.3. The van der Waals surface area contributed by atoms with E-state index in [1.165, 1.54) is 5.57 Å². The van der Waals surface area contributed by atoms with E-state index in [1.54, 1.807) is 0 Å². The van der Waals surface area contributed by atoms with E-state index >= 15 is 0 Å². The second kappa shape index (κ2) is 4.70. The lowest BCUT2D eigenvalue weighted by Crippen LogP contribution is -2.64. The molecule has 0 aromatic carbocycles. The zero-order chi connectivity index (χ0) is 16.6. The first-order valence-corrected chi connectivity index (χ1v) is 9.27. The number of fused-ring (bicyclic) bond motifs is 3. The smallest absolute Gasteiger partial charge is 0.140 e. The minimum Gasteiger partial charge on any atom is -0.396 e. The van der Waals surface area contributed by atoms with Gasteiger partial charge in [-0.05, 0) is 54.8 Å². The molecule has 0 saturated heterocycles. The third kappa shape index (κ3) is 1.81. The molecule has 0 heterocycles. The Morgan fingerprint density at radius 1 is 1.30 bits per heavy atom. The summed E-state index contributed by atoms with van der Waals surface area (Å²) in [5.41, 5.74) is 0.593. The maximum absolute atomic E-state index is 13.3. The van der Waals surface area contributed by atoms with Crippen molar-refractivity contribution in [2.75, 3.05) is 6.61 Å². The highest BCUT2D eigenvalue weighted by molar-refractivity contribution is 5.88. The van der Waals surface area contributed by atoms with Crippen LogP contribution in [-0.4, -0.2) is 28.7 Å². The lowest BCUT2D eigenvalue weighted by Gasteiger charge is -2.64. The van der Waals surface area contributed by atoms with Crippen LogP contribution in [0.5, 0.6) is 0 Å². The van der Waals surface area contributed by atoms with E-state index in [0.717, 1.165) is 38.5 Å². The van der Waals surface area contributed by atoms with Crippen molar-refractivity contribution in [2.24, 2.45) is 34.0 Å². The van der Waals surface area contributed by atoms with Crippen molar-refractivity contribution in [3.8, 4) is 0 Å². The monoisotopic (exact) mass is 318 g/mol. The molecule has 4 aliphatic carbocycles. The van der Waals surface area contributed by atoms with E-state index in [1.807, 2.05) is 0 Å². The summed E-state index contributed by atoms with van der Waals surface area (Å²) in [7, 11) is 0. The van der Waals surface area contributed by atoms with Crippen LogP contribution in [0.3, 0.4) is 0 Å². The molecule has 1 spiro atoms. The van der Waals surface area contributed by atoms with Gasteiger partial charge in [-0.1, -0.05) is 32.4 Å². The van der Waals surface area contributed by atoms with Gasteiger partial charge >= 0.3 is 0 Å². The van der Waals surface area contributed by atoms with Gasteiger partial charge in [0.2, 0.25) is 0 Å². The van der Waals surface area contributed by atoms with E-state index in [-0.39, 0.29) is 34.7 Å². The number of hydrogen-bond acceptors (Lipinski definition) is 3. The quantitative estimate of drug-likeness (QED) is 0.731. The SMILES string of the molecule is C=C1C[C@]23C[C@H]1C[C@H](O)[C@H]2[C@]1(C)CCC[C@@](C)(CO)[C@H]1CC3=O. The zero-order valence-electron chi connectivity index (χ0n) is 14.5. The summed E-state index contributed by atoms with van der Waals surface area (Å²) >= 11 is 0. The first kappa shape index (κ1) is 15.8. The highest BCUT2D eigenvalue weighted by Crippen LogP contribution is 2.70. The Bertz CT molecular complexity index is 569. The van der Waals surface area contributed by atoms with Crippen LogP contribution in [0.1, 0.15) is 58.8 Å². The van der Waals surface area contributed by atoms with Crippen LogP contribution < -0.4 is 0 Å². The Hall–Kier alpha value is -0.670. The molecule has 3 heteroatoms.